The number of carbonyl (C=O) groups is 2. The van der Waals surface area contributed by atoms with Gasteiger partial charge in [0.15, 0.2) is 0 Å². The molecule has 0 aromatic heterocycles. The molecule has 2 aliphatic heterocycles. The van der Waals surface area contributed by atoms with E-state index in [1.165, 1.54) is 5.56 Å². The summed E-state index contributed by atoms with van der Waals surface area (Å²) in [6.07, 6.45) is 1.10. The Kier molecular flexibility index (Phi) is 6.27. The van der Waals surface area contributed by atoms with Gasteiger partial charge in [0.2, 0.25) is 6.10 Å². The van der Waals surface area contributed by atoms with Crippen molar-refractivity contribution in [3.63, 3.8) is 0 Å². The van der Waals surface area contributed by atoms with Crippen LogP contribution in [0, 0.1) is 0 Å². The van der Waals surface area contributed by atoms with Crippen molar-refractivity contribution in [3.05, 3.63) is 71.3 Å². The molecule has 2 fully saturated rings. The Labute approximate surface area is 174 Å². The van der Waals surface area contributed by atoms with Gasteiger partial charge in [0, 0.05) is 30.2 Å². The largest absolute Gasteiger partial charge is 0.444 e. The van der Waals surface area contributed by atoms with Crippen LogP contribution in [0.1, 0.15) is 45.0 Å². The first-order valence-electron chi connectivity index (χ1n) is 9.60. The maximum atomic E-state index is 13.0. The highest BCUT2D eigenvalue weighted by molar-refractivity contribution is 8.19. The highest BCUT2D eigenvalue weighted by atomic mass is 32.2. The first-order valence-corrected chi connectivity index (χ1v) is 11.7. The number of amides is 1. The van der Waals surface area contributed by atoms with Gasteiger partial charge in [-0.15, -0.1) is 23.5 Å². The third-order valence-corrected chi connectivity index (χ3v) is 8.11. The van der Waals surface area contributed by atoms with Crippen LogP contribution in [-0.4, -0.2) is 41.4 Å². The summed E-state index contributed by atoms with van der Waals surface area (Å²) >= 11 is 3.86. The van der Waals surface area contributed by atoms with Crippen LogP contribution < -0.4 is 0 Å². The molecule has 1 atom stereocenters. The molecule has 2 heterocycles. The number of ether oxygens (including phenoxy) is 1. The van der Waals surface area contributed by atoms with E-state index < -0.39 is 12.1 Å². The molecular formula is C22H23NO3S2. The van der Waals surface area contributed by atoms with Gasteiger partial charge >= 0.3 is 5.97 Å². The van der Waals surface area contributed by atoms with E-state index in [1.807, 2.05) is 66.0 Å². The van der Waals surface area contributed by atoms with Crippen molar-refractivity contribution in [3.8, 4) is 0 Å². The zero-order valence-corrected chi connectivity index (χ0v) is 17.2. The summed E-state index contributed by atoms with van der Waals surface area (Å²) in [5.74, 6) is 1.74. The quantitative estimate of drug-likeness (QED) is 0.666. The lowest BCUT2D eigenvalue weighted by Crippen LogP contribution is -2.34. The number of benzene rings is 2. The van der Waals surface area contributed by atoms with Gasteiger partial charge in [-0.05, 0) is 30.5 Å². The lowest BCUT2D eigenvalue weighted by molar-refractivity contribution is -0.140. The molecule has 6 heteroatoms. The van der Waals surface area contributed by atoms with E-state index in [0.717, 1.165) is 37.4 Å². The van der Waals surface area contributed by atoms with Crippen molar-refractivity contribution in [1.82, 2.24) is 4.90 Å². The SMILES string of the molecule is O=C(OC(C(=O)N1CCCC1)c1ccccc1)c1ccc(C2SCCS2)cc1. The maximum Gasteiger partial charge on any atom is 0.339 e. The Hall–Kier alpha value is -1.92. The van der Waals surface area contributed by atoms with Gasteiger partial charge in [-0.2, -0.15) is 0 Å². The predicted octanol–water partition coefficient (Wildman–Crippen LogP) is 4.69. The zero-order chi connectivity index (χ0) is 19.3. The smallest absolute Gasteiger partial charge is 0.339 e. The Morgan fingerprint density at radius 1 is 0.929 bits per heavy atom. The normalized spacial score (nSPS) is 18.2. The summed E-state index contributed by atoms with van der Waals surface area (Å²) in [6, 6.07) is 16.9. The molecule has 0 spiro atoms. The topological polar surface area (TPSA) is 46.6 Å². The first kappa shape index (κ1) is 19.4. The monoisotopic (exact) mass is 413 g/mol. The van der Waals surface area contributed by atoms with E-state index >= 15 is 0 Å². The van der Waals surface area contributed by atoms with Crippen LogP contribution in [-0.2, 0) is 9.53 Å². The van der Waals surface area contributed by atoms with Crippen LogP contribution in [0.3, 0.4) is 0 Å². The van der Waals surface area contributed by atoms with E-state index in [4.69, 9.17) is 4.74 Å². The standard InChI is InChI=1S/C22H23NO3S2/c24-20(23-12-4-5-13-23)19(16-6-2-1-3-7-16)26-21(25)17-8-10-18(11-9-17)22-27-14-15-28-22/h1-3,6-11,19,22H,4-5,12-15H2. The van der Waals surface area contributed by atoms with Crippen LogP contribution in [0.15, 0.2) is 54.6 Å². The number of thioether (sulfide) groups is 2. The van der Waals surface area contributed by atoms with Gasteiger partial charge in [-0.25, -0.2) is 4.79 Å². The minimum atomic E-state index is -0.896. The van der Waals surface area contributed by atoms with Crippen LogP contribution in [0.2, 0.25) is 0 Å². The average molecular weight is 414 g/mol. The van der Waals surface area contributed by atoms with Crippen molar-refractivity contribution < 1.29 is 14.3 Å². The van der Waals surface area contributed by atoms with Gasteiger partial charge in [0.25, 0.3) is 5.91 Å². The van der Waals surface area contributed by atoms with Crippen molar-refractivity contribution in [1.29, 1.82) is 0 Å². The van der Waals surface area contributed by atoms with E-state index in [-0.39, 0.29) is 5.91 Å². The summed E-state index contributed by atoms with van der Waals surface area (Å²) in [5.41, 5.74) is 2.41. The molecular weight excluding hydrogens is 390 g/mol. The van der Waals surface area contributed by atoms with Crippen LogP contribution in [0.5, 0.6) is 0 Å². The van der Waals surface area contributed by atoms with Crippen molar-refractivity contribution >= 4 is 35.4 Å². The molecule has 1 unspecified atom stereocenters. The number of nitrogens with zero attached hydrogens (tertiary/aromatic N) is 1. The Bertz CT molecular complexity index is 813. The molecule has 0 radical (unpaired) electrons. The Morgan fingerprint density at radius 3 is 2.21 bits per heavy atom. The molecule has 0 saturated carbocycles. The van der Waals surface area contributed by atoms with Crippen LogP contribution in [0.25, 0.3) is 0 Å². The van der Waals surface area contributed by atoms with E-state index in [1.54, 1.807) is 17.0 Å². The highest BCUT2D eigenvalue weighted by Gasteiger charge is 2.31. The number of likely N-dealkylation sites (tertiary alicyclic amines) is 1. The molecule has 2 aromatic carbocycles. The molecule has 0 aliphatic carbocycles. The molecule has 2 aliphatic rings. The molecule has 4 nitrogen and oxygen atoms in total. The van der Waals surface area contributed by atoms with Crippen molar-refractivity contribution in [2.45, 2.75) is 23.5 Å². The minimum Gasteiger partial charge on any atom is -0.444 e. The second-order valence-corrected chi connectivity index (χ2v) is 9.65. The molecule has 28 heavy (non-hydrogen) atoms. The molecule has 2 saturated heterocycles. The average Bonchev–Trinajstić information content (AvgIpc) is 3.46. The fourth-order valence-electron chi connectivity index (χ4n) is 3.49. The molecule has 4 rings (SSSR count). The summed E-state index contributed by atoms with van der Waals surface area (Å²) < 4.78 is 6.17. The fraction of sp³-hybridized carbons (Fsp3) is 0.364. The summed E-state index contributed by atoms with van der Waals surface area (Å²) in [4.78, 5) is 27.6. The van der Waals surface area contributed by atoms with Gasteiger partial charge in [-0.3, -0.25) is 4.79 Å². The van der Waals surface area contributed by atoms with E-state index in [0.29, 0.717) is 15.7 Å². The highest BCUT2D eigenvalue weighted by Crippen LogP contribution is 2.45. The molecule has 0 bridgehead atoms. The lowest BCUT2D eigenvalue weighted by Gasteiger charge is -2.23. The second-order valence-electron chi connectivity index (χ2n) is 6.92. The number of hydrogen-bond acceptors (Lipinski definition) is 5. The maximum absolute atomic E-state index is 13.0. The minimum absolute atomic E-state index is 0.132. The van der Waals surface area contributed by atoms with E-state index in [2.05, 4.69) is 0 Å². The van der Waals surface area contributed by atoms with Gasteiger partial charge < -0.3 is 9.64 Å². The van der Waals surface area contributed by atoms with E-state index in [9.17, 15) is 9.59 Å². The molecule has 146 valence electrons. The van der Waals surface area contributed by atoms with Crippen molar-refractivity contribution in [2.75, 3.05) is 24.6 Å². The lowest BCUT2D eigenvalue weighted by atomic mass is 10.1. The van der Waals surface area contributed by atoms with Gasteiger partial charge in [-0.1, -0.05) is 42.5 Å². The van der Waals surface area contributed by atoms with Crippen molar-refractivity contribution in [2.24, 2.45) is 0 Å². The fourth-order valence-corrected chi connectivity index (χ4v) is 6.35. The number of esters is 1. The molecule has 2 aromatic rings. The Balaban J connectivity index is 1.50. The Morgan fingerprint density at radius 2 is 1.57 bits per heavy atom. The van der Waals surface area contributed by atoms with Gasteiger partial charge in [0.05, 0.1) is 10.1 Å². The first-order chi connectivity index (χ1) is 13.7. The van der Waals surface area contributed by atoms with Crippen LogP contribution >= 0.6 is 23.5 Å². The molecule has 1 amide bonds. The van der Waals surface area contributed by atoms with Crippen LogP contribution in [0.4, 0.5) is 0 Å². The van der Waals surface area contributed by atoms with Gasteiger partial charge in [0.1, 0.15) is 0 Å². The number of rotatable bonds is 5. The summed E-state index contributed by atoms with van der Waals surface area (Å²) in [6.45, 7) is 1.45. The number of hydrogen-bond donors (Lipinski definition) is 0. The summed E-state index contributed by atoms with van der Waals surface area (Å²) in [7, 11) is 0. The third-order valence-electron chi connectivity index (χ3n) is 5.01. The summed E-state index contributed by atoms with van der Waals surface area (Å²) in [5, 5.41) is 0. The third kappa shape index (κ3) is 4.39. The number of carbonyl (C=O) groups excluding carboxylic acids is 2. The zero-order valence-electron chi connectivity index (χ0n) is 15.6. The predicted molar refractivity (Wildman–Crippen MR) is 115 cm³/mol. The second kappa shape index (κ2) is 9.05. The molecule has 0 N–H and O–H groups in total.